The third-order valence-electron chi connectivity index (χ3n) is 2.93. The summed E-state index contributed by atoms with van der Waals surface area (Å²) < 4.78 is 0. The number of anilines is 1. The molecule has 2 atom stereocenters. The monoisotopic (exact) mass is 248 g/mol. The van der Waals surface area contributed by atoms with Gasteiger partial charge >= 0.3 is 0 Å². The van der Waals surface area contributed by atoms with Gasteiger partial charge in [-0.1, -0.05) is 6.92 Å². The molecule has 0 radical (unpaired) electrons. The van der Waals surface area contributed by atoms with Crippen LogP contribution in [0.25, 0.3) is 0 Å². The molecule has 1 aromatic heterocycles. The zero-order chi connectivity index (χ0) is 12.1. The molecule has 0 spiro atoms. The fourth-order valence-corrected chi connectivity index (χ4v) is 3.32. The largest absolute Gasteiger partial charge is 0.365 e. The van der Waals surface area contributed by atoms with Crippen molar-refractivity contribution in [2.45, 2.75) is 37.5 Å². The van der Waals surface area contributed by atoms with Gasteiger partial charge in [0.1, 0.15) is 6.07 Å². The van der Waals surface area contributed by atoms with Crippen LogP contribution in [0.4, 0.5) is 5.82 Å². The van der Waals surface area contributed by atoms with Crippen LogP contribution in [-0.2, 0) is 0 Å². The number of nitriles is 1. The minimum Gasteiger partial charge on any atom is -0.365 e. The van der Waals surface area contributed by atoms with Crippen molar-refractivity contribution in [2.75, 3.05) is 11.1 Å². The number of nitrogens with zero attached hydrogens (tertiary/aromatic N) is 3. The van der Waals surface area contributed by atoms with Crippen molar-refractivity contribution in [3.05, 3.63) is 18.1 Å². The second-order valence-corrected chi connectivity index (χ2v) is 5.67. The summed E-state index contributed by atoms with van der Waals surface area (Å²) in [5.74, 6) is 1.80. The van der Waals surface area contributed by atoms with Crippen LogP contribution in [0, 0.1) is 11.3 Å². The maximum atomic E-state index is 8.93. The summed E-state index contributed by atoms with van der Waals surface area (Å²) in [4.78, 5) is 8.18. The highest BCUT2D eigenvalue weighted by atomic mass is 32.2. The van der Waals surface area contributed by atoms with Gasteiger partial charge in [0.2, 0.25) is 0 Å². The molecule has 0 amide bonds. The molecule has 1 heterocycles. The van der Waals surface area contributed by atoms with Crippen molar-refractivity contribution in [3.63, 3.8) is 0 Å². The van der Waals surface area contributed by atoms with Crippen molar-refractivity contribution in [1.29, 1.82) is 5.26 Å². The second kappa shape index (κ2) is 5.87. The Bertz CT molecular complexity index is 415. The molecular weight excluding hydrogens is 232 g/mol. The Kier molecular flexibility index (Phi) is 4.21. The van der Waals surface area contributed by atoms with Crippen LogP contribution in [-0.4, -0.2) is 27.0 Å². The van der Waals surface area contributed by atoms with Crippen molar-refractivity contribution in [1.82, 2.24) is 9.97 Å². The number of rotatable bonds is 4. The predicted molar refractivity (Wildman–Crippen MR) is 69.9 cm³/mol. The van der Waals surface area contributed by atoms with Crippen LogP contribution in [0.1, 0.15) is 31.9 Å². The molecule has 1 aliphatic rings. The first-order valence-electron chi connectivity index (χ1n) is 5.92. The molecule has 1 saturated carbocycles. The van der Waals surface area contributed by atoms with Gasteiger partial charge in [0.25, 0.3) is 0 Å². The third-order valence-corrected chi connectivity index (χ3v) is 4.16. The molecule has 2 unspecified atom stereocenters. The SMILES string of the molecule is CCSC1CCC(Nc2nccnc2C#N)C1. The average Bonchev–Trinajstić information content (AvgIpc) is 2.78. The topological polar surface area (TPSA) is 61.6 Å². The summed E-state index contributed by atoms with van der Waals surface area (Å²) >= 11 is 2.02. The molecule has 0 aliphatic heterocycles. The Labute approximate surface area is 106 Å². The zero-order valence-electron chi connectivity index (χ0n) is 9.89. The molecule has 0 bridgehead atoms. The van der Waals surface area contributed by atoms with E-state index in [0.717, 1.165) is 18.1 Å². The van der Waals surface area contributed by atoms with Crippen LogP contribution in [0.2, 0.25) is 0 Å². The van der Waals surface area contributed by atoms with Crippen LogP contribution in [0.3, 0.4) is 0 Å². The van der Waals surface area contributed by atoms with Crippen LogP contribution in [0.5, 0.6) is 0 Å². The molecule has 1 aliphatic carbocycles. The summed E-state index contributed by atoms with van der Waals surface area (Å²) in [6.07, 6.45) is 6.72. The molecule has 1 N–H and O–H groups in total. The van der Waals surface area contributed by atoms with E-state index in [0.29, 0.717) is 17.6 Å². The highest BCUT2D eigenvalue weighted by molar-refractivity contribution is 7.99. The standard InChI is InChI=1S/C12H16N4S/c1-2-17-10-4-3-9(7-10)16-12-11(8-13)14-5-6-15-12/h5-6,9-10H,2-4,7H2,1H3,(H,15,16). The number of thioether (sulfide) groups is 1. The molecule has 1 aromatic rings. The van der Waals surface area contributed by atoms with Gasteiger partial charge in [-0.2, -0.15) is 17.0 Å². The number of nitrogens with one attached hydrogen (secondary N) is 1. The first kappa shape index (κ1) is 12.2. The fourth-order valence-electron chi connectivity index (χ4n) is 2.18. The van der Waals surface area contributed by atoms with Gasteiger partial charge in [0.15, 0.2) is 11.5 Å². The minimum absolute atomic E-state index is 0.388. The van der Waals surface area contributed by atoms with E-state index in [4.69, 9.17) is 5.26 Å². The average molecular weight is 248 g/mol. The maximum absolute atomic E-state index is 8.93. The van der Waals surface area contributed by atoms with E-state index in [1.54, 1.807) is 12.4 Å². The number of hydrogen-bond acceptors (Lipinski definition) is 5. The van der Waals surface area contributed by atoms with Gasteiger partial charge in [-0.05, 0) is 25.0 Å². The molecule has 90 valence electrons. The maximum Gasteiger partial charge on any atom is 0.182 e. The van der Waals surface area contributed by atoms with Crippen LogP contribution in [0.15, 0.2) is 12.4 Å². The lowest BCUT2D eigenvalue weighted by Gasteiger charge is -2.13. The van der Waals surface area contributed by atoms with Crippen molar-refractivity contribution in [3.8, 4) is 6.07 Å². The Balaban J connectivity index is 1.96. The van der Waals surface area contributed by atoms with Crippen molar-refractivity contribution >= 4 is 17.6 Å². The first-order valence-corrected chi connectivity index (χ1v) is 6.97. The second-order valence-electron chi connectivity index (χ2n) is 4.10. The summed E-state index contributed by atoms with van der Waals surface area (Å²) in [7, 11) is 0. The fraction of sp³-hybridized carbons (Fsp3) is 0.583. The zero-order valence-corrected chi connectivity index (χ0v) is 10.7. The summed E-state index contributed by atoms with van der Waals surface area (Å²) in [6.45, 7) is 2.20. The Hall–Kier alpha value is -1.28. The normalized spacial score (nSPS) is 23.3. The molecule has 0 saturated heterocycles. The van der Waals surface area contributed by atoms with E-state index in [1.165, 1.54) is 12.2 Å². The summed E-state index contributed by atoms with van der Waals surface area (Å²) in [5.41, 5.74) is 0.388. The Morgan fingerprint density at radius 3 is 3.06 bits per heavy atom. The highest BCUT2D eigenvalue weighted by Crippen LogP contribution is 2.31. The van der Waals surface area contributed by atoms with E-state index >= 15 is 0 Å². The smallest absolute Gasteiger partial charge is 0.182 e. The van der Waals surface area contributed by atoms with Crippen molar-refractivity contribution in [2.24, 2.45) is 0 Å². The Morgan fingerprint density at radius 1 is 1.47 bits per heavy atom. The Morgan fingerprint density at radius 2 is 2.29 bits per heavy atom. The van der Waals surface area contributed by atoms with Gasteiger partial charge < -0.3 is 5.32 Å². The number of aromatic nitrogens is 2. The van der Waals surface area contributed by atoms with Crippen LogP contribution >= 0.6 is 11.8 Å². The lowest BCUT2D eigenvalue weighted by atomic mass is 10.2. The molecule has 17 heavy (non-hydrogen) atoms. The molecule has 1 fully saturated rings. The van der Waals surface area contributed by atoms with E-state index in [-0.39, 0.29) is 0 Å². The highest BCUT2D eigenvalue weighted by Gasteiger charge is 2.25. The summed E-state index contributed by atoms with van der Waals surface area (Å²) in [6, 6.07) is 2.50. The van der Waals surface area contributed by atoms with Gasteiger partial charge in [-0.25, -0.2) is 9.97 Å². The molecule has 5 heteroatoms. The lowest BCUT2D eigenvalue weighted by molar-refractivity contribution is 0.750. The van der Waals surface area contributed by atoms with Gasteiger partial charge in [-0.3, -0.25) is 0 Å². The van der Waals surface area contributed by atoms with E-state index < -0.39 is 0 Å². The van der Waals surface area contributed by atoms with E-state index in [9.17, 15) is 0 Å². The predicted octanol–water partition coefficient (Wildman–Crippen LogP) is 2.43. The molecule has 4 nitrogen and oxygen atoms in total. The van der Waals surface area contributed by atoms with E-state index in [1.807, 2.05) is 11.8 Å². The summed E-state index contributed by atoms with van der Waals surface area (Å²) in [5, 5.41) is 13.0. The van der Waals surface area contributed by atoms with Crippen LogP contribution < -0.4 is 5.32 Å². The lowest BCUT2D eigenvalue weighted by Crippen LogP contribution is -2.18. The minimum atomic E-state index is 0.388. The number of hydrogen-bond donors (Lipinski definition) is 1. The van der Waals surface area contributed by atoms with Crippen molar-refractivity contribution < 1.29 is 0 Å². The molecule has 2 rings (SSSR count). The third kappa shape index (κ3) is 3.10. The van der Waals surface area contributed by atoms with Gasteiger partial charge in [-0.15, -0.1) is 0 Å². The van der Waals surface area contributed by atoms with Gasteiger partial charge in [0, 0.05) is 23.7 Å². The molecule has 0 aromatic carbocycles. The first-order chi connectivity index (χ1) is 8.33. The quantitative estimate of drug-likeness (QED) is 0.886. The van der Waals surface area contributed by atoms with Gasteiger partial charge in [0.05, 0.1) is 0 Å². The van der Waals surface area contributed by atoms with E-state index in [2.05, 4.69) is 28.3 Å². The molecular formula is C12H16N4S.